The second kappa shape index (κ2) is 6.55. The molecule has 0 aromatic heterocycles. The fourth-order valence-corrected chi connectivity index (χ4v) is 2.35. The lowest BCUT2D eigenvalue weighted by Crippen LogP contribution is -2.41. The summed E-state index contributed by atoms with van der Waals surface area (Å²) in [5, 5.41) is 12.4. The molecule has 3 atom stereocenters. The summed E-state index contributed by atoms with van der Waals surface area (Å²) < 4.78 is 0. The molecule has 3 unspecified atom stereocenters. The molecular weight excluding hydrogens is 202 g/mol. The molecule has 1 fully saturated rings. The van der Waals surface area contributed by atoms with E-state index in [2.05, 4.69) is 18.2 Å². The molecule has 0 aliphatic heterocycles. The van der Waals surface area contributed by atoms with Crippen LogP contribution in [-0.2, 0) is 4.79 Å². The van der Waals surface area contributed by atoms with Gasteiger partial charge in [0.25, 0.3) is 0 Å². The summed E-state index contributed by atoms with van der Waals surface area (Å²) >= 11 is 0. The van der Waals surface area contributed by atoms with E-state index in [1.807, 2.05) is 0 Å². The second-order valence-electron chi connectivity index (χ2n) is 4.57. The van der Waals surface area contributed by atoms with Crippen LogP contribution in [0.15, 0.2) is 0 Å². The molecule has 16 heavy (non-hydrogen) atoms. The first kappa shape index (κ1) is 13.1. The molecular formula is C13H21NO2. The Balaban J connectivity index is 2.42. The lowest BCUT2D eigenvalue weighted by atomic mass is 9.85. The van der Waals surface area contributed by atoms with Gasteiger partial charge >= 0.3 is 5.97 Å². The first-order valence-corrected chi connectivity index (χ1v) is 6.12. The van der Waals surface area contributed by atoms with Crippen molar-refractivity contribution in [1.82, 2.24) is 5.32 Å². The third kappa shape index (κ3) is 3.86. The van der Waals surface area contributed by atoms with Crippen molar-refractivity contribution in [3.63, 3.8) is 0 Å². The highest BCUT2D eigenvalue weighted by atomic mass is 16.4. The Morgan fingerprint density at radius 2 is 2.38 bits per heavy atom. The standard InChI is InChI=1S/C13H21NO2/c1-3-6-11(4-2)14-12-8-5-7-10(9-12)13(15)16/h2,10-12,14H,3,5-9H2,1H3,(H,15,16). The molecule has 1 saturated carbocycles. The van der Waals surface area contributed by atoms with Gasteiger partial charge in [-0.25, -0.2) is 0 Å². The van der Waals surface area contributed by atoms with Crippen LogP contribution in [0.5, 0.6) is 0 Å². The predicted molar refractivity (Wildman–Crippen MR) is 64.0 cm³/mol. The van der Waals surface area contributed by atoms with Gasteiger partial charge in [0.15, 0.2) is 0 Å². The van der Waals surface area contributed by atoms with Crippen molar-refractivity contribution < 1.29 is 9.90 Å². The predicted octanol–water partition coefficient (Wildman–Crippen LogP) is 2.02. The van der Waals surface area contributed by atoms with E-state index in [-0.39, 0.29) is 18.0 Å². The third-order valence-electron chi connectivity index (χ3n) is 3.24. The highest BCUT2D eigenvalue weighted by Gasteiger charge is 2.27. The number of nitrogens with one attached hydrogen (secondary N) is 1. The summed E-state index contributed by atoms with van der Waals surface area (Å²) in [5.41, 5.74) is 0. The van der Waals surface area contributed by atoms with Gasteiger partial charge < -0.3 is 10.4 Å². The van der Waals surface area contributed by atoms with Gasteiger partial charge in [0.1, 0.15) is 0 Å². The summed E-state index contributed by atoms with van der Waals surface area (Å²) in [7, 11) is 0. The van der Waals surface area contributed by atoms with Gasteiger partial charge in [-0.2, -0.15) is 0 Å². The van der Waals surface area contributed by atoms with Crippen LogP contribution in [0.25, 0.3) is 0 Å². The largest absolute Gasteiger partial charge is 0.481 e. The Labute approximate surface area is 97.6 Å². The molecule has 0 radical (unpaired) electrons. The molecule has 1 aliphatic rings. The minimum atomic E-state index is -0.667. The molecule has 0 aromatic carbocycles. The Morgan fingerprint density at radius 1 is 1.62 bits per heavy atom. The van der Waals surface area contributed by atoms with E-state index in [9.17, 15) is 4.79 Å². The molecule has 2 N–H and O–H groups in total. The summed E-state index contributed by atoms with van der Waals surface area (Å²) in [6.07, 6.45) is 11.0. The van der Waals surface area contributed by atoms with Crippen molar-refractivity contribution in [2.45, 2.75) is 57.5 Å². The molecule has 0 aromatic rings. The summed E-state index contributed by atoms with van der Waals surface area (Å²) in [5.74, 6) is 1.88. The fourth-order valence-electron chi connectivity index (χ4n) is 2.35. The summed E-state index contributed by atoms with van der Waals surface area (Å²) in [6.45, 7) is 2.10. The second-order valence-corrected chi connectivity index (χ2v) is 4.57. The van der Waals surface area contributed by atoms with Crippen LogP contribution in [0.4, 0.5) is 0 Å². The number of carboxylic acid groups (broad SMARTS) is 1. The van der Waals surface area contributed by atoms with E-state index in [0.717, 1.165) is 38.5 Å². The van der Waals surface area contributed by atoms with Crippen LogP contribution < -0.4 is 5.32 Å². The average molecular weight is 223 g/mol. The van der Waals surface area contributed by atoms with Crippen molar-refractivity contribution in [2.24, 2.45) is 5.92 Å². The zero-order chi connectivity index (χ0) is 12.0. The smallest absolute Gasteiger partial charge is 0.306 e. The minimum Gasteiger partial charge on any atom is -0.481 e. The van der Waals surface area contributed by atoms with Crippen LogP contribution in [0.3, 0.4) is 0 Å². The van der Waals surface area contributed by atoms with Gasteiger partial charge in [-0.05, 0) is 25.7 Å². The lowest BCUT2D eigenvalue weighted by molar-refractivity contribution is -0.143. The number of hydrogen-bond donors (Lipinski definition) is 2. The lowest BCUT2D eigenvalue weighted by Gasteiger charge is -2.29. The SMILES string of the molecule is C#CC(CCC)NC1CCCC(C(=O)O)C1. The van der Waals surface area contributed by atoms with Gasteiger partial charge in [-0.3, -0.25) is 4.79 Å². The molecule has 0 bridgehead atoms. The van der Waals surface area contributed by atoms with Gasteiger partial charge in [-0.1, -0.05) is 25.7 Å². The molecule has 0 spiro atoms. The Bertz CT molecular complexity index is 270. The number of hydrogen-bond acceptors (Lipinski definition) is 2. The van der Waals surface area contributed by atoms with Gasteiger partial charge in [0.05, 0.1) is 12.0 Å². The quantitative estimate of drug-likeness (QED) is 0.701. The molecule has 0 saturated heterocycles. The van der Waals surface area contributed by atoms with E-state index in [1.165, 1.54) is 0 Å². The Kier molecular flexibility index (Phi) is 5.34. The van der Waals surface area contributed by atoms with E-state index in [1.54, 1.807) is 0 Å². The molecule has 90 valence electrons. The van der Waals surface area contributed by atoms with Crippen molar-refractivity contribution >= 4 is 5.97 Å². The van der Waals surface area contributed by atoms with Crippen LogP contribution in [0.1, 0.15) is 45.4 Å². The highest BCUT2D eigenvalue weighted by molar-refractivity contribution is 5.70. The number of terminal acetylenes is 1. The molecule has 0 amide bonds. The summed E-state index contributed by atoms with van der Waals surface area (Å²) in [6, 6.07) is 0.380. The Hall–Kier alpha value is -1.01. The van der Waals surface area contributed by atoms with Crippen molar-refractivity contribution in [2.75, 3.05) is 0 Å². The van der Waals surface area contributed by atoms with Crippen LogP contribution >= 0.6 is 0 Å². The average Bonchev–Trinajstić information content (AvgIpc) is 2.29. The zero-order valence-corrected chi connectivity index (χ0v) is 9.91. The van der Waals surface area contributed by atoms with Crippen LogP contribution in [-0.4, -0.2) is 23.2 Å². The van der Waals surface area contributed by atoms with E-state index < -0.39 is 5.97 Å². The van der Waals surface area contributed by atoms with E-state index in [4.69, 9.17) is 11.5 Å². The van der Waals surface area contributed by atoms with Crippen LogP contribution in [0.2, 0.25) is 0 Å². The topological polar surface area (TPSA) is 49.3 Å². The first-order valence-electron chi connectivity index (χ1n) is 6.12. The van der Waals surface area contributed by atoms with Crippen molar-refractivity contribution in [1.29, 1.82) is 0 Å². The van der Waals surface area contributed by atoms with Crippen molar-refractivity contribution in [3.8, 4) is 12.3 Å². The van der Waals surface area contributed by atoms with E-state index >= 15 is 0 Å². The number of aliphatic carboxylic acids is 1. The maximum Gasteiger partial charge on any atom is 0.306 e. The van der Waals surface area contributed by atoms with Gasteiger partial charge in [-0.15, -0.1) is 6.42 Å². The van der Waals surface area contributed by atoms with Crippen LogP contribution in [0, 0.1) is 18.3 Å². The maximum absolute atomic E-state index is 10.9. The monoisotopic (exact) mass is 223 g/mol. The number of carbonyl (C=O) groups is 1. The summed E-state index contributed by atoms with van der Waals surface area (Å²) in [4.78, 5) is 10.9. The zero-order valence-electron chi connectivity index (χ0n) is 9.91. The minimum absolute atomic E-state index is 0.0996. The molecule has 1 rings (SSSR count). The van der Waals surface area contributed by atoms with Gasteiger partial charge in [0, 0.05) is 6.04 Å². The maximum atomic E-state index is 10.9. The first-order chi connectivity index (χ1) is 7.67. The Morgan fingerprint density at radius 3 is 2.94 bits per heavy atom. The number of rotatable bonds is 5. The normalized spacial score (nSPS) is 27.0. The molecule has 3 nitrogen and oxygen atoms in total. The van der Waals surface area contributed by atoms with Crippen molar-refractivity contribution in [3.05, 3.63) is 0 Å². The fraction of sp³-hybridized carbons (Fsp3) is 0.769. The third-order valence-corrected chi connectivity index (χ3v) is 3.24. The highest BCUT2D eigenvalue weighted by Crippen LogP contribution is 2.24. The molecule has 1 aliphatic carbocycles. The van der Waals surface area contributed by atoms with Gasteiger partial charge in [0.2, 0.25) is 0 Å². The molecule has 0 heterocycles. The number of carboxylic acids is 1. The molecule has 3 heteroatoms. The van der Waals surface area contributed by atoms with E-state index in [0.29, 0.717) is 0 Å².